The highest BCUT2D eigenvalue weighted by Crippen LogP contribution is 2.15. The molecule has 0 unspecified atom stereocenters. The topological polar surface area (TPSA) is 105 Å². The highest BCUT2D eigenvalue weighted by atomic mass is 32.2. The van der Waals surface area contributed by atoms with E-state index in [2.05, 4.69) is 20.3 Å². The Labute approximate surface area is 108 Å². The first-order valence-electron chi connectivity index (χ1n) is 5.04. The zero-order valence-electron chi connectivity index (χ0n) is 9.41. The van der Waals surface area contributed by atoms with E-state index in [0.29, 0.717) is 5.56 Å². The molecule has 0 aliphatic rings. The van der Waals surface area contributed by atoms with Gasteiger partial charge in [-0.15, -0.1) is 0 Å². The molecule has 9 heteroatoms. The molecule has 0 aliphatic heterocycles. The van der Waals surface area contributed by atoms with Crippen LogP contribution in [-0.2, 0) is 16.7 Å². The molecule has 0 atom stereocenters. The van der Waals surface area contributed by atoms with Crippen LogP contribution in [0, 0.1) is 12.4 Å². The normalized spacial score (nSPS) is 11.3. The number of nitrogens with zero attached hydrogens (tertiary/aromatic N) is 3. The number of benzene rings is 1. The predicted octanol–water partition coefficient (Wildman–Crippen LogP) is 0.670. The van der Waals surface area contributed by atoms with Gasteiger partial charge >= 0.3 is 6.08 Å². The van der Waals surface area contributed by atoms with Gasteiger partial charge in [0.15, 0.2) is 0 Å². The van der Waals surface area contributed by atoms with Crippen LogP contribution in [0.5, 0.6) is 0 Å². The lowest BCUT2D eigenvalue weighted by Crippen LogP contribution is -2.09. The van der Waals surface area contributed by atoms with Crippen molar-refractivity contribution in [1.82, 2.24) is 15.0 Å². The van der Waals surface area contributed by atoms with Crippen molar-refractivity contribution >= 4 is 16.1 Å². The lowest BCUT2D eigenvalue weighted by atomic mass is 10.2. The average Bonchev–Trinajstić information content (AvgIpc) is 2.36. The molecule has 2 rings (SSSR count). The molecule has 2 aromatic rings. The SMILES string of the molecule is O=S(=O)(O)c1ccccc1CNc1n[c]nc(F)n1. The van der Waals surface area contributed by atoms with Crippen LogP contribution < -0.4 is 5.32 Å². The maximum atomic E-state index is 12.7. The van der Waals surface area contributed by atoms with Gasteiger partial charge in [0.05, 0.1) is 4.90 Å². The predicted molar refractivity (Wildman–Crippen MR) is 62.2 cm³/mol. The lowest BCUT2D eigenvalue weighted by Gasteiger charge is -2.07. The molecule has 0 aliphatic carbocycles. The van der Waals surface area contributed by atoms with E-state index in [1.165, 1.54) is 18.2 Å². The Kier molecular flexibility index (Phi) is 3.67. The first kappa shape index (κ1) is 13.3. The minimum Gasteiger partial charge on any atom is -0.350 e. The van der Waals surface area contributed by atoms with Crippen molar-refractivity contribution in [3.63, 3.8) is 0 Å². The second-order valence-corrected chi connectivity index (χ2v) is 4.85. The zero-order valence-corrected chi connectivity index (χ0v) is 10.2. The van der Waals surface area contributed by atoms with Crippen molar-refractivity contribution in [3.05, 3.63) is 42.2 Å². The maximum absolute atomic E-state index is 12.7. The number of halogens is 1. The molecule has 0 saturated carbocycles. The van der Waals surface area contributed by atoms with E-state index in [4.69, 9.17) is 4.55 Å². The smallest absolute Gasteiger partial charge is 0.314 e. The van der Waals surface area contributed by atoms with Crippen LogP contribution in [0.1, 0.15) is 5.56 Å². The number of rotatable bonds is 4. The molecule has 0 fully saturated rings. The monoisotopic (exact) mass is 283 g/mol. The average molecular weight is 283 g/mol. The van der Waals surface area contributed by atoms with Gasteiger partial charge in [0.2, 0.25) is 12.3 Å². The van der Waals surface area contributed by atoms with Crippen molar-refractivity contribution in [2.45, 2.75) is 11.4 Å². The van der Waals surface area contributed by atoms with Crippen LogP contribution in [0.2, 0.25) is 0 Å². The van der Waals surface area contributed by atoms with Gasteiger partial charge in [0, 0.05) is 6.54 Å². The van der Waals surface area contributed by atoms with Gasteiger partial charge in [-0.05, 0) is 11.6 Å². The van der Waals surface area contributed by atoms with Crippen LogP contribution in [0.25, 0.3) is 0 Å². The van der Waals surface area contributed by atoms with Gasteiger partial charge in [0.25, 0.3) is 10.1 Å². The fraction of sp³-hybridized carbons (Fsp3) is 0.100. The Morgan fingerprint density at radius 2 is 2.05 bits per heavy atom. The van der Waals surface area contributed by atoms with Crippen LogP contribution >= 0.6 is 0 Å². The minimum atomic E-state index is -4.32. The van der Waals surface area contributed by atoms with Crippen molar-refractivity contribution in [2.75, 3.05) is 5.32 Å². The summed E-state index contributed by atoms with van der Waals surface area (Å²) in [5.41, 5.74) is 0.297. The third kappa shape index (κ3) is 3.42. The standard InChI is InChI=1S/C10H8FN4O3S/c11-9-13-6-14-10(15-9)12-5-7-3-1-2-4-8(7)19(16,17)18/h1-4H,5H2,(H,16,17,18)(H,12,13,14,15). The van der Waals surface area contributed by atoms with E-state index in [-0.39, 0.29) is 17.4 Å². The van der Waals surface area contributed by atoms with Crippen molar-refractivity contribution in [3.8, 4) is 0 Å². The number of hydrogen-bond donors (Lipinski definition) is 2. The Hall–Kier alpha value is -2.13. The summed E-state index contributed by atoms with van der Waals surface area (Å²) in [5.74, 6) is -0.0855. The summed E-state index contributed by atoms with van der Waals surface area (Å²) >= 11 is 0. The first-order chi connectivity index (χ1) is 8.97. The van der Waals surface area contributed by atoms with E-state index in [0.717, 1.165) is 0 Å². The summed E-state index contributed by atoms with van der Waals surface area (Å²) in [6.07, 6.45) is 1.04. The maximum Gasteiger partial charge on any atom is 0.314 e. The van der Waals surface area contributed by atoms with Crippen LogP contribution in [-0.4, -0.2) is 27.9 Å². The number of aromatic nitrogens is 3. The molecule has 0 bridgehead atoms. The van der Waals surface area contributed by atoms with Gasteiger partial charge in [0.1, 0.15) is 0 Å². The highest BCUT2D eigenvalue weighted by Gasteiger charge is 2.14. The van der Waals surface area contributed by atoms with Gasteiger partial charge < -0.3 is 5.32 Å². The molecule has 1 heterocycles. The quantitative estimate of drug-likeness (QED) is 0.794. The van der Waals surface area contributed by atoms with Crippen molar-refractivity contribution in [1.29, 1.82) is 0 Å². The molecule has 1 radical (unpaired) electrons. The van der Waals surface area contributed by atoms with E-state index < -0.39 is 16.2 Å². The Morgan fingerprint density at radius 1 is 1.32 bits per heavy atom. The van der Waals surface area contributed by atoms with E-state index in [1.54, 1.807) is 6.07 Å². The van der Waals surface area contributed by atoms with Gasteiger partial charge in [-0.1, -0.05) is 18.2 Å². The number of nitrogens with one attached hydrogen (secondary N) is 1. The van der Waals surface area contributed by atoms with Crippen LogP contribution in [0.3, 0.4) is 0 Å². The summed E-state index contributed by atoms with van der Waals surface area (Å²) in [6, 6.07) is 5.83. The van der Waals surface area contributed by atoms with Gasteiger partial charge in [-0.2, -0.15) is 27.8 Å². The minimum absolute atomic E-state index is 0.00669. The molecule has 0 amide bonds. The first-order valence-corrected chi connectivity index (χ1v) is 6.48. The second-order valence-electron chi connectivity index (χ2n) is 3.46. The largest absolute Gasteiger partial charge is 0.350 e. The number of hydrogen-bond acceptors (Lipinski definition) is 6. The summed E-state index contributed by atoms with van der Waals surface area (Å²) < 4.78 is 44.0. The van der Waals surface area contributed by atoms with Crippen LogP contribution in [0.4, 0.5) is 10.3 Å². The molecule has 1 aromatic heterocycles. The van der Waals surface area contributed by atoms with Gasteiger partial charge in [-0.3, -0.25) is 4.55 Å². The molecule has 7 nitrogen and oxygen atoms in total. The molecular formula is C10H8FN4O3S. The van der Waals surface area contributed by atoms with Crippen LogP contribution in [0.15, 0.2) is 29.2 Å². The van der Waals surface area contributed by atoms with Crippen molar-refractivity contribution < 1.29 is 17.4 Å². The molecule has 19 heavy (non-hydrogen) atoms. The summed E-state index contributed by atoms with van der Waals surface area (Å²) in [7, 11) is -4.32. The molecular weight excluding hydrogens is 275 g/mol. The Morgan fingerprint density at radius 3 is 2.74 bits per heavy atom. The lowest BCUT2D eigenvalue weighted by molar-refractivity contribution is 0.482. The summed E-state index contributed by atoms with van der Waals surface area (Å²) in [4.78, 5) is 9.70. The highest BCUT2D eigenvalue weighted by molar-refractivity contribution is 7.85. The molecule has 2 N–H and O–H groups in total. The number of anilines is 1. The van der Waals surface area contributed by atoms with E-state index in [1.807, 2.05) is 6.33 Å². The Balaban J connectivity index is 2.21. The fourth-order valence-corrected chi connectivity index (χ4v) is 2.13. The molecule has 0 spiro atoms. The molecule has 1 aromatic carbocycles. The van der Waals surface area contributed by atoms with Crippen molar-refractivity contribution in [2.24, 2.45) is 0 Å². The third-order valence-electron chi connectivity index (χ3n) is 2.18. The molecule has 0 saturated heterocycles. The summed E-state index contributed by atoms with van der Waals surface area (Å²) in [6.45, 7) is -0.00669. The van der Waals surface area contributed by atoms with Gasteiger partial charge in [-0.25, -0.2) is 0 Å². The Bertz CT molecular complexity index is 693. The summed E-state index contributed by atoms with van der Waals surface area (Å²) in [5, 5.41) is 2.61. The van der Waals surface area contributed by atoms with E-state index in [9.17, 15) is 12.8 Å². The van der Waals surface area contributed by atoms with E-state index >= 15 is 0 Å². The fourth-order valence-electron chi connectivity index (χ4n) is 1.41. The third-order valence-corrected chi connectivity index (χ3v) is 3.14. The molecule has 99 valence electrons. The zero-order chi connectivity index (χ0) is 13.9. The second kappa shape index (κ2) is 5.24.